The van der Waals surface area contributed by atoms with Crippen molar-refractivity contribution in [2.75, 3.05) is 56.7 Å². The van der Waals surface area contributed by atoms with E-state index in [0.717, 1.165) is 54.4 Å². The van der Waals surface area contributed by atoms with Crippen LogP contribution in [0.15, 0.2) is 55.0 Å². The number of carbonyl (C=O) groups excluding carboxylic acids is 2. The molecule has 11 nitrogen and oxygen atoms in total. The van der Waals surface area contributed by atoms with Crippen molar-refractivity contribution in [2.24, 2.45) is 0 Å². The summed E-state index contributed by atoms with van der Waals surface area (Å²) in [5, 5.41) is 2.51. The highest BCUT2D eigenvalue weighted by atomic mass is 16.6. The van der Waals surface area contributed by atoms with Gasteiger partial charge in [-0.05, 0) is 50.1 Å². The Bertz CT molecular complexity index is 1300. The highest BCUT2D eigenvalue weighted by molar-refractivity contribution is 5.82. The Morgan fingerprint density at radius 1 is 0.975 bits per heavy atom. The minimum atomic E-state index is -0.620. The molecule has 3 heterocycles. The number of nitrogens with zero attached hydrogens (tertiary/aromatic N) is 6. The van der Waals surface area contributed by atoms with Gasteiger partial charge in [0.1, 0.15) is 12.1 Å². The van der Waals surface area contributed by atoms with Crippen LogP contribution in [0.5, 0.6) is 5.75 Å². The molecule has 0 aliphatic carbocycles. The van der Waals surface area contributed by atoms with Crippen LogP contribution in [0, 0.1) is 0 Å². The van der Waals surface area contributed by atoms with Gasteiger partial charge in [0.05, 0.1) is 7.11 Å². The number of piperazine rings is 1. The van der Waals surface area contributed by atoms with Crippen LogP contribution < -0.4 is 19.9 Å². The summed E-state index contributed by atoms with van der Waals surface area (Å²) >= 11 is 0. The number of alkyl carbamates (subject to hydrolysis) is 1. The molecule has 0 unspecified atom stereocenters. The quantitative estimate of drug-likeness (QED) is 0.454. The van der Waals surface area contributed by atoms with Crippen molar-refractivity contribution in [3.63, 3.8) is 0 Å². The van der Waals surface area contributed by atoms with Crippen molar-refractivity contribution in [2.45, 2.75) is 32.9 Å². The highest BCUT2D eigenvalue weighted by Crippen LogP contribution is 2.27. The van der Waals surface area contributed by atoms with Crippen molar-refractivity contribution < 1.29 is 19.1 Å². The standard InChI is InChI=1S/C29H37N7O4/c1-29(2,3)40-28(38)33-19-25(37)34(4)20-21-8-6-9-22(16-21)23-17-31-27(32-18-23)36-14-12-35(13-15-36)26-24(39-5)10-7-11-30-26/h6-11,16-18H,12-15,19-20H2,1-5H3,(H,33,38). The zero-order valence-electron chi connectivity index (χ0n) is 23.8. The molecule has 0 spiro atoms. The summed E-state index contributed by atoms with van der Waals surface area (Å²) in [6, 6.07) is 11.7. The number of benzene rings is 1. The molecule has 212 valence electrons. The van der Waals surface area contributed by atoms with Crippen molar-refractivity contribution in [3.8, 4) is 16.9 Å². The lowest BCUT2D eigenvalue weighted by Gasteiger charge is -2.35. The number of hydrogen-bond donors (Lipinski definition) is 1. The van der Waals surface area contributed by atoms with Gasteiger partial charge in [-0.2, -0.15) is 0 Å². The Kier molecular flexibility index (Phi) is 9.03. The summed E-state index contributed by atoms with van der Waals surface area (Å²) < 4.78 is 10.6. The second-order valence-corrected chi connectivity index (χ2v) is 10.6. The largest absolute Gasteiger partial charge is 0.493 e. The van der Waals surface area contributed by atoms with Crippen molar-refractivity contribution in [1.82, 2.24) is 25.2 Å². The summed E-state index contributed by atoms with van der Waals surface area (Å²) in [5.74, 6) is 2.10. The number of anilines is 2. The zero-order chi connectivity index (χ0) is 28.7. The predicted molar refractivity (Wildman–Crippen MR) is 153 cm³/mol. The number of ether oxygens (including phenoxy) is 2. The molecule has 0 radical (unpaired) electrons. The Morgan fingerprint density at radius 3 is 2.35 bits per heavy atom. The summed E-state index contributed by atoms with van der Waals surface area (Å²) in [7, 11) is 3.36. The van der Waals surface area contributed by atoms with Gasteiger partial charge in [0.2, 0.25) is 11.9 Å². The molecule has 0 bridgehead atoms. The summed E-state index contributed by atoms with van der Waals surface area (Å²) in [6.45, 7) is 8.71. The monoisotopic (exact) mass is 547 g/mol. The van der Waals surface area contributed by atoms with Crippen LogP contribution in [0.2, 0.25) is 0 Å². The predicted octanol–water partition coefficient (Wildman–Crippen LogP) is 3.36. The Labute approximate surface area is 235 Å². The molecule has 1 N–H and O–H groups in total. The van der Waals surface area contributed by atoms with Gasteiger partial charge in [0.15, 0.2) is 11.6 Å². The normalized spacial score (nSPS) is 13.5. The lowest BCUT2D eigenvalue weighted by atomic mass is 10.1. The maximum absolute atomic E-state index is 12.5. The number of likely N-dealkylation sites (N-methyl/N-ethyl adjacent to an activating group) is 1. The molecule has 1 fully saturated rings. The van der Waals surface area contributed by atoms with Gasteiger partial charge < -0.3 is 29.5 Å². The van der Waals surface area contributed by atoms with E-state index in [1.54, 1.807) is 46.0 Å². The fraction of sp³-hybridized carbons (Fsp3) is 0.414. The molecule has 1 saturated heterocycles. The SMILES string of the molecule is COc1cccnc1N1CCN(c2ncc(-c3cccc(CN(C)C(=O)CNC(=O)OC(C)(C)C)c3)cn2)CC1. The van der Waals surface area contributed by atoms with Crippen LogP contribution in [0.1, 0.15) is 26.3 Å². The first-order valence-electron chi connectivity index (χ1n) is 13.2. The van der Waals surface area contributed by atoms with E-state index in [1.165, 1.54) is 0 Å². The molecule has 0 saturated carbocycles. The molecule has 2 amide bonds. The fourth-order valence-corrected chi connectivity index (χ4v) is 4.34. The maximum atomic E-state index is 12.5. The van der Waals surface area contributed by atoms with Gasteiger partial charge in [-0.15, -0.1) is 0 Å². The molecule has 2 aromatic heterocycles. The first kappa shape index (κ1) is 28.6. The van der Waals surface area contributed by atoms with E-state index in [-0.39, 0.29) is 12.5 Å². The van der Waals surface area contributed by atoms with Crippen LogP contribution in [-0.4, -0.2) is 84.3 Å². The Hall–Kier alpha value is -4.41. The first-order valence-corrected chi connectivity index (χ1v) is 13.2. The molecular weight excluding hydrogens is 510 g/mol. The number of methoxy groups -OCH3 is 1. The lowest BCUT2D eigenvalue weighted by molar-refractivity contribution is -0.129. The van der Waals surface area contributed by atoms with Crippen LogP contribution >= 0.6 is 0 Å². The number of nitrogens with one attached hydrogen (secondary N) is 1. The van der Waals surface area contributed by atoms with Crippen LogP contribution in [0.25, 0.3) is 11.1 Å². The summed E-state index contributed by atoms with van der Waals surface area (Å²) in [5.41, 5.74) is 2.19. The van der Waals surface area contributed by atoms with E-state index in [1.807, 2.05) is 48.8 Å². The summed E-state index contributed by atoms with van der Waals surface area (Å²) in [4.78, 5) is 44.0. The molecule has 40 heavy (non-hydrogen) atoms. The third-order valence-corrected chi connectivity index (χ3v) is 6.36. The average molecular weight is 548 g/mol. The topological polar surface area (TPSA) is 113 Å². The Balaban J connectivity index is 1.32. The van der Waals surface area contributed by atoms with E-state index in [0.29, 0.717) is 12.5 Å². The number of pyridine rings is 1. The second kappa shape index (κ2) is 12.6. The minimum Gasteiger partial charge on any atom is -0.493 e. The molecule has 0 atom stereocenters. The first-order chi connectivity index (χ1) is 19.1. The zero-order valence-corrected chi connectivity index (χ0v) is 23.8. The fourth-order valence-electron chi connectivity index (χ4n) is 4.34. The van der Waals surface area contributed by atoms with E-state index in [4.69, 9.17) is 9.47 Å². The number of aromatic nitrogens is 3. The van der Waals surface area contributed by atoms with Crippen LogP contribution in [-0.2, 0) is 16.1 Å². The second-order valence-electron chi connectivity index (χ2n) is 10.6. The third kappa shape index (κ3) is 7.58. The highest BCUT2D eigenvalue weighted by Gasteiger charge is 2.22. The van der Waals surface area contributed by atoms with E-state index < -0.39 is 11.7 Å². The molecule has 1 aliphatic rings. The third-order valence-electron chi connectivity index (χ3n) is 6.36. The van der Waals surface area contributed by atoms with Gasteiger partial charge in [0.25, 0.3) is 0 Å². The van der Waals surface area contributed by atoms with Gasteiger partial charge in [-0.3, -0.25) is 4.79 Å². The van der Waals surface area contributed by atoms with Crippen molar-refractivity contribution in [3.05, 3.63) is 60.6 Å². The minimum absolute atomic E-state index is 0.135. The molecule has 1 aromatic carbocycles. The molecular formula is C29H37N7O4. The van der Waals surface area contributed by atoms with Crippen molar-refractivity contribution in [1.29, 1.82) is 0 Å². The molecule has 1 aliphatic heterocycles. The molecule has 3 aromatic rings. The molecule has 4 rings (SSSR count). The number of carbonyl (C=O) groups is 2. The van der Waals surface area contributed by atoms with Gasteiger partial charge >= 0.3 is 6.09 Å². The van der Waals surface area contributed by atoms with E-state index >= 15 is 0 Å². The van der Waals surface area contributed by atoms with Crippen molar-refractivity contribution >= 4 is 23.8 Å². The van der Waals surface area contributed by atoms with Gasteiger partial charge in [-0.1, -0.05) is 18.2 Å². The van der Waals surface area contributed by atoms with Crippen LogP contribution in [0.4, 0.5) is 16.6 Å². The number of rotatable bonds is 8. The maximum Gasteiger partial charge on any atom is 0.408 e. The number of amides is 2. The average Bonchev–Trinajstić information content (AvgIpc) is 2.95. The number of hydrogen-bond acceptors (Lipinski definition) is 9. The van der Waals surface area contributed by atoms with E-state index in [9.17, 15) is 9.59 Å². The molecule has 11 heteroatoms. The Morgan fingerprint density at radius 2 is 1.68 bits per heavy atom. The van der Waals surface area contributed by atoms with Crippen LogP contribution in [0.3, 0.4) is 0 Å². The lowest BCUT2D eigenvalue weighted by Crippen LogP contribution is -2.47. The summed E-state index contributed by atoms with van der Waals surface area (Å²) in [6.07, 6.45) is 4.82. The van der Waals surface area contributed by atoms with Gasteiger partial charge in [0, 0.05) is 63.9 Å². The smallest absolute Gasteiger partial charge is 0.408 e. The van der Waals surface area contributed by atoms with Gasteiger partial charge in [-0.25, -0.2) is 19.7 Å². The van der Waals surface area contributed by atoms with E-state index in [2.05, 4.69) is 30.1 Å².